The smallest absolute Gasteiger partial charge is 0.337 e. The van der Waals surface area contributed by atoms with E-state index in [1.165, 1.54) is 11.3 Å². The first-order valence-electron chi connectivity index (χ1n) is 4.77. The number of aromatic carboxylic acids is 1. The molecule has 2 aromatic rings. The van der Waals surface area contributed by atoms with Gasteiger partial charge in [-0.05, 0) is 23.6 Å². The second-order valence-corrected chi connectivity index (χ2v) is 5.01. The Labute approximate surface area is 111 Å². The molecule has 0 radical (unpaired) electrons. The summed E-state index contributed by atoms with van der Waals surface area (Å²) in [4.78, 5) is 11.1. The average Bonchev–Trinajstić information content (AvgIpc) is 2.77. The van der Waals surface area contributed by atoms with Crippen LogP contribution in [0.25, 0.3) is 11.1 Å². The largest absolute Gasteiger partial charge is 0.496 e. The lowest BCUT2D eigenvalue weighted by Crippen LogP contribution is -1.97. The van der Waals surface area contributed by atoms with E-state index in [-0.39, 0.29) is 0 Å². The van der Waals surface area contributed by atoms with Gasteiger partial charge < -0.3 is 9.84 Å². The number of hydrogen-bond donors (Lipinski definition) is 1. The van der Waals surface area contributed by atoms with Crippen molar-refractivity contribution in [2.45, 2.75) is 0 Å². The van der Waals surface area contributed by atoms with E-state index in [1.807, 2.05) is 23.6 Å². The van der Waals surface area contributed by atoms with Gasteiger partial charge in [-0.15, -0.1) is 0 Å². The van der Waals surface area contributed by atoms with E-state index < -0.39 is 5.97 Å². The van der Waals surface area contributed by atoms with Crippen molar-refractivity contribution in [3.63, 3.8) is 0 Å². The van der Waals surface area contributed by atoms with E-state index >= 15 is 0 Å². The Kier molecular flexibility index (Phi) is 3.49. The SMILES string of the molecule is COc1ccc(Br)cc1-c1cscc1C(=O)O. The predicted molar refractivity (Wildman–Crippen MR) is 71.0 cm³/mol. The zero-order valence-electron chi connectivity index (χ0n) is 8.94. The van der Waals surface area contributed by atoms with E-state index in [0.717, 1.165) is 10.0 Å². The first-order chi connectivity index (χ1) is 8.13. The number of carboxylic acids is 1. The van der Waals surface area contributed by atoms with Crippen LogP contribution in [0, 0.1) is 0 Å². The van der Waals surface area contributed by atoms with Crippen LogP contribution in [0.4, 0.5) is 0 Å². The van der Waals surface area contributed by atoms with Crippen LogP contribution in [0.1, 0.15) is 10.4 Å². The summed E-state index contributed by atoms with van der Waals surface area (Å²) in [6.45, 7) is 0. The zero-order chi connectivity index (χ0) is 12.4. The van der Waals surface area contributed by atoms with Crippen molar-refractivity contribution in [1.29, 1.82) is 0 Å². The molecule has 1 aromatic carbocycles. The molecule has 0 unspecified atom stereocenters. The summed E-state index contributed by atoms with van der Waals surface area (Å²) in [5.74, 6) is -0.266. The Morgan fingerprint density at radius 1 is 1.35 bits per heavy atom. The van der Waals surface area contributed by atoms with Crippen LogP contribution in [-0.2, 0) is 0 Å². The molecule has 2 rings (SSSR count). The Bertz CT molecular complexity index is 563. The second kappa shape index (κ2) is 4.89. The molecule has 0 spiro atoms. The molecule has 3 nitrogen and oxygen atoms in total. The molecule has 17 heavy (non-hydrogen) atoms. The second-order valence-electron chi connectivity index (χ2n) is 3.35. The lowest BCUT2D eigenvalue weighted by Gasteiger charge is -2.08. The summed E-state index contributed by atoms with van der Waals surface area (Å²) >= 11 is 4.74. The molecule has 88 valence electrons. The maximum Gasteiger partial charge on any atom is 0.337 e. The number of halogens is 1. The van der Waals surface area contributed by atoms with Crippen molar-refractivity contribution in [1.82, 2.24) is 0 Å². The number of hydrogen-bond acceptors (Lipinski definition) is 3. The molecule has 5 heteroatoms. The van der Waals surface area contributed by atoms with E-state index in [0.29, 0.717) is 16.9 Å². The predicted octanol–water partition coefficient (Wildman–Crippen LogP) is 3.88. The summed E-state index contributed by atoms with van der Waals surface area (Å²) in [7, 11) is 1.57. The molecule has 0 amide bonds. The third kappa shape index (κ3) is 2.35. The van der Waals surface area contributed by atoms with Crippen molar-refractivity contribution in [2.75, 3.05) is 7.11 Å². The van der Waals surface area contributed by atoms with Crippen LogP contribution >= 0.6 is 27.3 Å². The minimum atomic E-state index is -0.928. The van der Waals surface area contributed by atoms with Crippen LogP contribution in [0.5, 0.6) is 5.75 Å². The molecule has 0 saturated heterocycles. The van der Waals surface area contributed by atoms with Gasteiger partial charge in [0.25, 0.3) is 0 Å². The highest BCUT2D eigenvalue weighted by Crippen LogP contribution is 2.36. The number of rotatable bonds is 3. The highest BCUT2D eigenvalue weighted by molar-refractivity contribution is 9.10. The van der Waals surface area contributed by atoms with Gasteiger partial charge in [0.1, 0.15) is 5.75 Å². The van der Waals surface area contributed by atoms with Crippen molar-refractivity contribution < 1.29 is 14.6 Å². The number of thiophene rings is 1. The summed E-state index contributed by atoms with van der Waals surface area (Å²) < 4.78 is 6.13. The number of ether oxygens (including phenoxy) is 1. The molecule has 0 aliphatic rings. The lowest BCUT2D eigenvalue weighted by molar-refractivity contribution is 0.0698. The van der Waals surface area contributed by atoms with Crippen molar-refractivity contribution in [3.8, 4) is 16.9 Å². The molecule has 0 aliphatic carbocycles. The van der Waals surface area contributed by atoms with E-state index in [9.17, 15) is 4.79 Å². The first kappa shape index (κ1) is 12.1. The fraction of sp³-hybridized carbons (Fsp3) is 0.0833. The quantitative estimate of drug-likeness (QED) is 0.935. The Hall–Kier alpha value is -1.33. The number of carbonyl (C=O) groups is 1. The van der Waals surface area contributed by atoms with Gasteiger partial charge in [-0.2, -0.15) is 11.3 Å². The average molecular weight is 313 g/mol. The van der Waals surface area contributed by atoms with Gasteiger partial charge in [-0.1, -0.05) is 15.9 Å². The first-order valence-corrected chi connectivity index (χ1v) is 6.50. The topological polar surface area (TPSA) is 46.5 Å². The molecule has 0 saturated carbocycles. The third-order valence-electron chi connectivity index (χ3n) is 2.34. The highest BCUT2D eigenvalue weighted by Gasteiger charge is 2.16. The number of benzene rings is 1. The summed E-state index contributed by atoms with van der Waals surface area (Å²) in [6.07, 6.45) is 0. The van der Waals surface area contributed by atoms with Crippen molar-refractivity contribution in [3.05, 3.63) is 39.0 Å². The van der Waals surface area contributed by atoms with Crippen LogP contribution in [0.3, 0.4) is 0 Å². The fourth-order valence-electron chi connectivity index (χ4n) is 1.56. The maximum absolute atomic E-state index is 11.1. The van der Waals surface area contributed by atoms with E-state index in [1.54, 1.807) is 12.5 Å². The minimum Gasteiger partial charge on any atom is -0.496 e. The standard InChI is InChI=1S/C12H9BrO3S/c1-16-11-3-2-7(13)4-8(11)9-5-17-6-10(9)12(14)15/h2-6H,1H3,(H,14,15). The normalized spacial score (nSPS) is 10.2. The van der Waals surface area contributed by atoms with Gasteiger partial charge >= 0.3 is 5.97 Å². The van der Waals surface area contributed by atoms with Crippen LogP contribution in [0.15, 0.2) is 33.4 Å². The molecule has 1 heterocycles. The minimum absolute atomic E-state index is 0.298. The maximum atomic E-state index is 11.1. The Morgan fingerprint density at radius 3 is 2.76 bits per heavy atom. The summed E-state index contributed by atoms with van der Waals surface area (Å²) in [6, 6.07) is 5.52. The lowest BCUT2D eigenvalue weighted by atomic mass is 10.0. The van der Waals surface area contributed by atoms with Gasteiger partial charge in [0.2, 0.25) is 0 Å². The number of carboxylic acid groups (broad SMARTS) is 1. The molecule has 0 atom stereocenters. The summed E-state index contributed by atoms with van der Waals surface area (Å²) in [5, 5.41) is 12.5. The Morgan fingerprint density at radius 2 is 2.12 bits per heavy atom. The molecular weight excluding hydrogens is 304 g/mol. The van der Waals surface area contributed by atoms with Gasteiger partial charge in [0, 0.05) is 21.0 Å². The molecule has 0 fully saturated rings. The highest BCUT2D eigenvalue weighted by atomic mass is 79.9. The van der Waals surface area contributed by atoms with Crippen LogP contribution < -0.4 is 4.74 Å². The number of methoxy groups -OCH3 is 1. The van der Waals surface area contributed by atoms with E-state index in [2.05, 4.69) is 15.9 Å². The third-order valence-corrected chi connectivity index (χ3v) is 3.58. The Balaban J connectivity index is 2.63. The van der Waals surface area contributed by atoms with Crippen LogP contribution in [0.2, 0.25) is 0 Å². The van der Waals surface area contributed by atoms with E-state index in [4.69, 9.17) is 9.84 Å². The zero-order valence-corrected chi connectivity index (χ0v) is 11.3. The van der Waals surface area contributed by atoms with Gasteiger partial charge in [-0.25, -0.2) is 4.79 Å². The molecule has 1 N–H and O–H groups in total. The molecular formula is C12H9BrO3S. The molecule has 1 aromatic heterocycles. The van der Waals surface area contributed by atoms with Gasteiger partial charge in [0.15, 0.2) is 0 Å². The van der Waals surface area contributed by atoms with Gasteiger partial charge in [0.05, 0.1) is 12.7 Å². The fourth-order valence-corrected chi connectivity index (χ4v) is 2.74. The van der Waals surface area contributed by atoms with Gasteiger partial charge in [-0.3, -0.25) is 0 Å². The summed E-state index contributed by atoms with van der Waals surface area (Å²) in [5.41, 5.74) is 1.76. The van der Waals surface area contributed by atoms with Crippen LogP contribution in [-0.4, -0.2) is 18.2 Å². The molecule has 0 aliphatic heterocycles. The monoisotopic (exact) mass is 312 g/mol. The molecule has 0 bridgehead atoms. The van der Waals surface area contributed by atoms with Crippen molar-refractivity contribution >= 4 is 33.2 Å². The van der Waals surface area contributed by atoms with Crippen molar-refractivity contribution in [2.24, 2.45) is 0 Å².